The van der Waals surface area contributed by atoms with Crippen LogP contribution < -0.4 is 5.73 Å². The topological polar surface area (TPSA) is 41.8 Å². The van der Waals surface area contributed by atoms with Crippen molar-refractivity contribution in [2.24, 2.45) is 5.73 Å². The molecular weight excluding hydrogens is 184 g/mol. The third kappa shape index (κ3) is 2.28. The molecule has 0 fully saturated rings. The number of H-pyrrole nitrogens is 1. The largest absolute Gasteiger partial charge is 0.363 e. The summed E-state index contributed by atoms with van der Waals surface area (Å²) < 4.78 is 0. The van der Waals surface area contributed by atoms with Crippen LogP contribution >= 0.6 is 0 Å². The second kappa shape index (κ2) is 4.32. The lowest BCUT2D eigenvalue weighted by atomic mass is 10.0. The van der Waals surface area contributed by atoms with E-state index in [1.807, 2.05) is 19.2 Å². The first kappa shape index (κ1) is 9.99. The Labute approximate surface area is 90.1 Å². The van der Waals surface area contributed by atoms with Gasteiger partial charge in [0.05, 0.1) is 0 Å². The predicted molar refractivity (Wildman–Crippen MR) is 62.6 cm³/mol. The first-order valence-electron chi connectivity index (χ1n) is 5.23. The summed E-state index contributed by atoms with van der Waals surface area (Å²) in [7, 11) is 0. The lowest BCUT2D eigenvalue weighted by Gasteiger charge is -2.07. The Kier molecular flexibility index (Phi) is 2.88. The normalized spacial score (nSPS) is 12.7. The van der Waals surface area contributed by atoms with Crippen LogP contribution in [0.2, 0.25) is 0 Å². The quantitative estimate of drug-likeness (QED) is 0.785. The summed E-state index contributed by atoms with van der Waals surface area (Å²) in [6.45, 7) is 2.00. The molecule has 2 aromatic rings. The minimum Gasteiger partial charge on any atom is -0.363 e. The molecule has 2 heteroatoms. The molecule has 0 saturated heterocycles. The molecule has 1 unspecified atom stereocenters. The van der Waals surface area contributed by atoms with Gasteiger partial charge < -0.3 is 10.7 Å². The fourth-order valence-corrected chi connectivity index (χ4v) is 1.81. The number of nitrogens with one attached hydrogen (secondary N) is 1. The highest BCUT2D eigenvalue weighted by Crippen LogP contribution is 2.17. The van der Waals surface area contributed by atoms with E-state index in [4.69, 9.17) is 5.73 Å². The van der Waals surface area contributed by atoms with E-state index in [9.17, 15) is 0 Å². The highest BCUT2D eigenvalue weighted by Gasteiger charge is 2.07. The van der Waals surface area contributed by atoms with Crippen LogP contribution in [0.5, 0.6) is 0 Å². The van der Waals surface area contributed by atoms with Crippen molar-refractivity contribution in [2.75, 3.05) is 0 Å². The van der Waals surface area contributed by atoms with Crippen molar-refractivity contribution in [1.82, 2.24) is 4.98 Å². The average molecular weight is 200 g/mol. The number of rotatable bonds is 3. The van der Waals surface area contributed by atoms with Gasteiger partial charge in [-0.1, -0.05) is 30.3 Å². The Balaban J connectivity index is 2.21. The molecule has 0 radical (unpaired) electrons. The molecule has 0 amide bonds. The molecule has 2 rings (SSSR count). The molecule has 2 nitrogen and oxygen atoms in total. The molecule has 1 aromatic heterocycles. The van der Waals surface area contributed by atoms with Gasteiger partial charge in [-0.2, -0.15) is 0 Å². The zero-order valence-electron chi connectivity index (χ0n) is 8.90. The second-order valence-electron chi connectivity index (χ2n) is 3.87. The summed E-state index contributed by atoms with van der Waals surface area (Å²) in [6.07, 6.45) is 2.90. The summed E-state index contributed by atoms with van der Waals surface area (Å²) >= 11 is 0. The Bertz CT molecular complexity index is 415. The number of hydrogen-bond donors (Lipinski definition) is 2. The van der Waals surface area contributed by atoms with Gasteiger partial charge in [0.2, 0.25) is 0 Å². The zero-order valence-corrected chi connectivity index (χ0v) is 8.90. The fraction of sp³-hybridized carbons (Fsp3) is 0.231. The van der Waals surface area contributed by atoms with E-state index in [1.54, 1.807) is 0 Å². The van der Waals surface area contributed by atoms with Crippen LogP contribution in [0.4, 0.5) is 0 Å². The van der Waals surface area contributed by atoms with Gasteiger partial charge in [-0.15, -0.1) is 0 Å². The van der Waals surface area contributed by atoms with Crippen LogP contribution in [0.25, 0.3) is 0 Å². The summed E-state index contributed by atoms with van der Waals surface area (Å²) in [5.41, 5.74) is 9.63. The van der Waals surface area contributed by atoms with Crippen LogP contribution in [0.1, 0.15) is 29.8 Å². The van der Waals surface area contributed by atoms with Crippen molar-refractivity contribution in [3.05, 3.63) is 59.4 Å². The lowest BCUT2D eigenvalue weighted by molar-refractivity contribution is 0.777. The summed E-state index contributed by atoms with van der Waals surface area (Å²) in [5, 5.41) is 0. The van der Waals surface area contributed by atoms with Crippen LogP contribution in [0.15, 0.2) is 42.6 Å². The number of aromatic amines is 1. The number of aromatic nitrogens is 1. The Morgan fingerprint density at radius 2 is 1.93 bits per heavy atom. The van der Waals surface area contributed by atoms with E-state index >= 15 is 0 Å². The van der Waals surface area contributed by atoms with Crippen molar-refractivity contribution >= 4 is 0 Å². The van der Waals surface area contributed by atoms with Crippen molar-refractivity contribution in [3.63, 3.8) is 0 Å². The third-order valence-corrected chi connectivity index (χ3v) is 2.56. The van der Waals surface area contributed by atoms with Gasteiger partial charge in [0.15, 0.2) is 0 Å². The van der Waals surface area contributed by atoms with Gasteiger partial charge in [-0.05, 0) is 30.5 Å². The van der Waals surface area contributed by atoms with Crippen molar-refractivity contribution in [2.45, 2.75) is 19.4 Å². The maximum absolute atomic E-state index is 5.88. The average Bonchev–Trinajstić information content (AvgIpc) is 2.67. The Morgan fingerprint density at radius 3 is 2.60 bits per heavy atom. The van der Waals surface area contributed by atoms with E-state index in [2.05, 4.69) is 35.3 Å². The van der Waals surface area contributed by atoms with E-state index in [1.165, 1.54) is 11.1 Å². The Morgan fingerprint density at radius 1 is 1.20 bits per heavy atom. The van der Waals surface area contributed by atoms with Gasteiger partial charge in [0.1, 0.15) is 0 Å². The zero-order chi connectivity index (χ0) is 10.7. The minimum absolute atomic E-state index is 0.0683. The van der Waals surface area contributed by atoms with Crippen LogP contribution in [0.3, 0.4) is 0 Å². The molecule has 1 heterocycles. The lowest BCUT2D eigenvalue weighted by Crippen LogP contribution is -2.08. The molecule has 1 aromatic carbocycles. The third-order valence-electron chi connectivity index (χ3n) is 2.56. The maximum Gasteiger partial charge on any atom is 0.0422 e. The molecule has 0 aliphatic heterocycles. The van der Waals surface area contributed by atoms with Gasteiger partial charge in [0, 0.05) is 17.9 Å². The van der Waals surface area contributed by atoms with Gasteiger partial charge >= 0.3 is 0 Å². The number of benzene rings is 1. The molecule has 1 atom stereocenters. The van der Waals surface area contributed by atoms with Gasteiger partial charge in [-0.3, -0.25) is 0 Å². The van der Waals surface area contributed by atoms with Crippen LogP contribution in [-0.2, 0) is 6.42 Å². The molecule has 0 spiro atoms. The summed E-state index contributed by atoms with van der Waals surface area (Å²) in [5.74, 6) is 0. The van der Waals surface area contributed by atoms with E-state index in [-0.39, 0.29) is 6.04 Å². The Hall–Kier alpha value is -1.54. The van der Waals surface area contributed by atoms with Gasteiger partial charge in [0.25, 0.3) is 0 Å². The van der Waals surface area contributed by atoms with Crippen LogP contribution in [0, 0.1) is 0 Å². The predicted octanol–water partition coefficient (Wildman–Crippen LogP) is 2.63. The molecule has 0 aliphatic carbocycles. The van der Waals surface area contributed by atoms with Crippen molar-refractivity contribution in [1.29, 1.82) is 0 Å². The number of nitrogens with two attached hydrogens (primary N) is 1. The fourth-order valence-electron chi connectivity index (χ4n) is 1.81. The van der Waals surface area contributed by atoms with E-state index < -0.39 is 0 Å². The minimum atomic E-state index is 0.0683. The standard InChI is InChI=1S/C13H16N2/c1-10(14)13-12(7-8-15-13)9-11-5-3-2-4-6-11/h2-8,10,15H,9,14H2,1H3. The molecular formula is C13H16N2. The summed E-state index contributed by atoms with van der Waals surface area (Å²) in [4.78, 5) is 3.20. The molecule has 0 bridgehead atoms. The molecule has 0 saturated carbocycles. The van der Waals surface area contributed by atoms with Gasteiger partial charge in [-0.25, -0.2) is 0 Å². The summed E-state index contributed by atoms with van der Waals surface area (Å²) in [6, 6.07) is 12.6. The first-order chi connectivity index (χ1) is 7.27. The smallest absolute Gasteiger partial charge is 0.0422 e. The monoisotopic (exact) mass is 200 g/mol. The highest BCUT2D eigenvalue weighted by atomic mass is 14.8. The maximum atomic E-state index is 5.88. The highest BCUT2D eigenvalue weighted by molar-refractivity contribution is 5.30. The molecule has 3 N–H and O–H groups in total. The molecule has 15 heavy (non-hydrogen) atoms. The molecule has 78 valence electrons. The van der Waals surface area contributed by atoms with Crippen molar-refractivity contribution < 1.29 is 0 Å². The molecule has 0 aliphatic rings. The van der Waals surface area contributed by atoms with Crippen molar-refractivity contribution in [3.8, 4) is 0 Å². The number of hydrogen-bond acceptors (Lipinski definition) is 1. The van der Waals surface area contributed by atoms with E-state index in [0.717, 1.165) is 12.1 Å². The SMILES string of the molecule is CC(N)c1[nH]ccc1Cc1ccccc1. The second-order valence-corrected chi connectivity index (χ2v) is 3.87. The first-order valence-corrected chi connectivity index (χ1v) is 5.23. The van der Waals surface area contributed by atoms with Crippen LogP contribution in [-0.4, -0.2) is 4.98 Å². The van der Waals surface area contributed by atoms with E-state index in [0.29, 0.717) is 0 Å².